The molecule has 0 fully saturated rings. The maximum absolute atomic E-state index is 13.7. The fourth-order valence-corrected chi connectivity index (χ4v) is 4.18. The number of aromatic nitrogens is 2. The molecule has 0 radical (unpaired) electrons. The summed E-state index contributed by atoms with van der Waals surface area (Å²) in [6.45, 7) is 5.13. The van der Waals surface area contributed by atoms with Gasteiger partial charge in [0.15, 0.2) is 5.13 Å². The Kier molecular flexibility index (Phi) is 5.36. The summed E-state index contributed by atoms with van der Waals surface area (Å²) >= 11 is 2.53. The molecule has 0 aliphatic rings. The first-order chi connectivity index (χ1) is 12.6. The average molecular weight is 409 g/mol. The molecular formula is C18H17F2N3O2S2. The second-order valence-electron chi connectivity index (χ2n) is 6.46. The fourth-order valence-electron chi connectivity index (χ4n) is 2.36. The topological polar surface area (TPSA) is 75.1 Å². The Morgan fingerprint density at radius 1 is 1.26 bits per heavy atom. The number of anilines is 1. The lowest BCUT2D eigenvalue weighted by atomic mass is 10.1. The first kappa shape index (κ1) is 19.5. The van der Waals surface area contributed by atoms with Crippen molar-refractivity contribution in [1.29, 1.82) is 0 Å². The van der Waals surface area contributed by atoms with Crippen LogP contribution in [0, 0.1) is 18.6 Å². The molecule has 5 nitrogen and oxygen atoms in total. The largest absolute Gasteiger partial charge is 0.383 e. The molecule has 0 spiro atoms. The second kappa shape index (κ2) is 7.41. The van der Waals surface area contributed by atoms with Crippen LogP contribution in [0.1, 0.15) is 30.1 Å². The number of nitrogens with zero attached hydrogens (tertiary/aromatic N) is 2. The lowest BCUT2D eigenvalue weighted by Crippen LogP contribution is -2.16. The third-order valence-corrected chi connectivity index (χ3v) is 5.95. The average Bonchev–Trinajstić information content (AvgIpc) is 3.17. The van der Waals surface area contributed by atoms with Crippen molar-refractivity contribution in [3.8, 4) is 10.6 Å². The third kappa shape index (κ3) is 4.37. The van der Waals surface area contributed by atoms with E-state index >= 15 is 0 Å². The summed E-state index contributed by atoms with van der Waals surface area (Å²) in [6, 6.07) is 3.47. The third-order valence-electron chi connectivity index (χ3n) is 3.70. The van der Waals surface area contributed by atoms with Crippen LogP contribution >= 0.6 is 22.7 Å². The number of aryl methyl sites for hydroxylation is 1. The maximum atomic E-state index is 13.7. The van der Waals surface area contributed by atoms with Crippen LogP contribution in [0.25, 0.3) is 10.6 Å². The molecule has 3 rings (SSSR count). The van der Waals surface area contributed by atoms with Gasteiger partial charge >= 0.3 is 0 Å². The zero-order chi connectivity index (χ0) is 19.8. The molecule has 2 aromatic heterocycles. The molecule has 0 bridgehead atoms. The highest BCUT2D eigenvalue weighted by atomic mass is 32.1. The van der Waals surface area contributed by atoms with Gasteiger partial charge < -0.3 is 10.4 Å². The molecule has 27 heavy (non-hydrogen) atoms. The standard InChI is InChI=1S/C18H17F2N3O2S2/c1-9-15(27-16(21-9)18(2,3)25)13-8-26-17(22-13)23-14(24)7-10-11(19)5-4-6-12(10)20/h4-6,8,25H,7H2,1-3H3,(H,22,23,24). The van der Waals surface area contributed by atoms with Crippen LogP contribution in [0.5, 0.6) is 0 Å². The predicted octanol–water partition coefficient (Wildman–Crippen LogP) is 4.26. The van der Waals surface area contributed by atoms with E-state index in [0.717, 1.165) is 22.7 Å². The Hall–Kier alpha value is -2.23. The molecule has 9 heteroatoms. The van der Waals surface area contributed by atoms with Gasteiger partial charge in [-0.15, -0.1) is 22.7 Å². The minimum absolute atomic E-state index is 0.278. The summed E-state index contributed by atoms with van der Waals surface area (Å²) in [7, 11) is 0. The number of benzene rings is 1. The number of thiazole rings is 2. The highest BCUT2D eigenvalue weighted by Gasteiger charge is 2.24. The molecule has 2 N–H and O–H groups in total. The molecule has 1 amide bonds. The van der Waals surface area contributed by atoms with E-state index in [4.69, 9.17) is 0 Å². The Bertz CT molecular complexity index is 973. The molecule has 0 saturated carbocycles. The van der Waals surface area contributed by atoms with Gasteiger partial charge in [-0.05, 0) is 32.9 Å². The van der Waals surface area contributed by atoms with E-state index in [9.17, 15) is 18.7 Å². The van der Waals surface area contributed by atoms with Crippen molar-refractivity contribution in [2.45, 2.75) is 32.8 Å². The van der Waals surface area contributed by atoms with Crippen LogP contribution in [0.2, 0.25) is 0 Å². The lowest BCUT2D eigenvalue weighted by Gasteiger charge is -2.12. The second-order valence-corrected chi connectivity index (χ2v) is 8.31. The number of rotatable bonds is 5. The monoisotopic (exact) mass is 409 g/mol. The molecular weight excluding hydrogens is 392 g/mol. The van der Waals surface area contributed by atoms with E-state index in [0.29, 0.717) is 15.8 Å². The SMILES string of the molecule is Cc1nc(C(C)(C)O)sc1-c1csc(NC(=O)Cc2c(F)cccc2F)n1. The van der Waals surface area contributed by atoms with Crippen molar-refractivity contribution < 1.29 is 18.7 Å². The van der Waals surface area contributed by atoms with Gasteiger partial charge in [-0.2, -0.15) is 0 Å². The van der Waals surface area contributed by atoms with Crippen LogP contribution in [-0.4, -0.2) is 21.0 Å². The van der Waals surface area contributed by atoms with E-state index in [1.165, 1.54) is 28.7 Å². The summed E-state index contributed by atoms with van der Waals surface area (Å²) in [4.78, 5) is 21.6. The molecule has 0 unspecified atom stereocenters. The van der Waals surface area contributed by atoms with Gasteiger partial charge in [-0.3, -0.25) is 4.79 Å². The number of carbonyl (C=O) groups is 1. The molecule has 142 valence electrons. The van der Waals surface area contributed by atoms with Crippen molar-refractivity contribution in [3.63, 3.8) is 0 Å². The van der Waals surface area contributed by atoms with E-state index in [1.54, 1.807) is 19.2 Å². The summed E-state index contributed by atoms with van der Waals surface area (Å²) in [5.41, 5.74) is 0.0244. The summed E-state index contributed by atoms with van der Waals surface area (Å²) < 4.78 is 27.3. The first-order valence-corrected chi connectivity index (χ1v) is 9.73. The minimum Gasteiger partial charge on any atom is -0.383 e. The van der Waals surface area contributed by atoms with Crippen LogP contribution in [-0.2, 0) is 16.8 Å². The number of nitrogens with one attached hydrogen (secondary N) is 1. The van der Waals surface area contributed by atoms with E-state index in [1.807, 2.05) is 6.92 Å². The Labute approximate surface area is 162 Å². The molecule has 0 aliphatic carbocycles. The highest BCUT2D eigenvalue weighted by Crippen LogP contribution is 2.36. The van der Waals surface area contributed by atoms with E-state index in [-0.39, 0.29) is 5.56 Å². The lowest BCUT2D eigenvalue weighted by molar-refractivity contribution is -0.115. The number of amides is 1. The number of halogens is 2. The van der Waals surface area contributed by atoms with Crippen LogP contribution < -0.4 is 5.32 Å². The summed E-state index contributed by atoms with van der Waals surface area (Å²) in [5, 5.41) is 15.3. The van der Waals surface area contributed by atoms with Crippen molar-refractivity contribution in [2.24, 2.45) is 0 Å². The van der Waals surface area contributed by atoms with Gasteiger partial charge in [0.25, 0.3) is 0 Å². The quantitative estimate of drug-likeness (QED) is 0.660. The van der Waals surface area contributed by atoms with Crippen LogP contribution in [0.4, 0.5) is 13.9 Å². The van der Waals surface area contributed by atoms with Gasteiger partial charge in [0.05, 0.1) is 22.7 Å². The number of hydrogen-bond donors (Lipinski definition) is 2. The van der Waals surface area contributed by atoms with Gasteiger partial charge in [-0.25, -0.2) is 18.7 Å². The van der Waals surface area contributed by atoms with Crippen LogP contribution in [0.15, 0.2) is 23.6 Å². The van der Waals surface area contributed by atoms with Crippen molar-refractivity contribution in [3.05, 3.63) is 51.5 Å². The van der Waals surface area contributed by atoms with Crippen LogP contribution in [0.3, 0.4) is 0 Å². The molecule has 2 heterocycles. The summed E-state index contributed by atoms with van der Waals surface area (Å²) in [6.07, 6.45) is -0.421. The predicted molar refractivity (Wildman–Crippen MR) is 102 cm³/mol. The summed E-state index contributed by atoms with van der Waals surface area (Å²) in [5.74, 6) is -2.08. The normalized spacial score (nSPS) is 11.6. The van der Waals surface area contributed by atoms with Gasteiger partial charge in [-0.1, -0.05) is 6.07 Å². The Balaban J connectivity index is 1.75. The Morgan fingerprint density at radius 3 is 2.52 bits per heavy atom. The number of aliphatic hydroxyl groups is 1. The smallest absolute Gasteiger partial charge is 0.230 e. The number of hydrogen-bond acceptors (Lipinski definition) is 6. The van der Waals surface area contributed by atoms with Crippen molar-refractivity contribution >= 4 is 33.7 Å². The molecule has 1 aromatic carbocycles. The van der Waals surface area contributed by atoms with Gasteiger partial charge in [0.2, 0.25) is 5.91 Å². The Morgan fingerprint density at radius 2 is 1.93 bits per heavy atom. The molecule has 0 saturated heterocycles. The molecule has 3 aromatic rings. The van der Waals surface area contributed by atoms with Crippen molar-refractivity contribution in [2.75, 3.05) is 5.32 Å². The fraction of sp³-hybridized carbons (Fsp3) is 0.278. The van der Waals surface area contributed by atoms with Gasteiger partial charge in [0.1, 0.15) is 22.2 Å². The molecule has 0 aliphatic heterocycles. The van der Waals surface area contributed by atoms with E-state index in [2.05, 4.69) is 15.3 Å². The zero-order valence-electron chi connectivity index (χ0n) is 14.8. The van der Waals surface area contributed by atoms with Gasteiger partial charge in [0, 0.05) is 10.9 Å². The van der Waals surface area contributed by atoms with Crippen molar-refractivity contribution in [1.82, 2.24) is 9.97 Å². The molecule has 0 atom stereocenters. The zero-order valence-corrected chi connectivity index (χ0v) is 16.5. The first-order valence-electron chi connectivity index (χ1n) is 8.04. The number of carbonyl (C=O) groups excluding carboxylic acids is 1. The minimum atomic E-state index is -1.05. The highest BCUT2D eigenvalue weighted by molar-refractivity contribution is 7.17. The van der Waals surface area contributed by atoms with E-state index < -0.39 is 29.6 Å². The maximum Gasteiger partial charge on any atom is 0.230 e.